The summed E-state index contributed by atoms with van der Waals surface area (Å²) in [6, 6.07) is 17.6. The number of halogens is 4. The fourth-order valence-electron chi connectivity index (χ4n) is 2.41. The van der Waals surface area contributed by atoms with Crippen LogP contribution in [0.15, 0.2) is 59.1 Å². The van der Waals surface area contributed by atoms with Crippen molar-refractivity contribution in [1.29, 1.82) is 0 Å². The van der Waals surface area contributed by atoms with Crippen LogP contribution in [-0.4, -0.2) is 0 Å². The molecule has 3 aromatic carbocycles. The fraction of sp³-hybridized carbons (Fsp3) is 0.0588. The van der Waals surface area contributed by atoms with Gasteiger partial charge >= 0.3 is 0 Å². The van der Waals surface area contributed by atoms with Gasteiger partial charge < -0.3 is 0 Å². The van der Waals surface area contributed by atoms with Crippen molar-refractivity contribution in [1.82, 2.24) is 0 Å². The summed E-state index contributed by atoms with van der Waals surface area (Å²) in [7, 11) is 0. The van der Waals surface area contributed by atoms with Crippen molar-refractivity contribution < 1.29 is 0 Å². The molecule has 1 atom stereocenters. The van der Waals surface area contributed by atoms with Crippen LogP contribution in [0.2, 0.25) is 10.0 Å². The van der Waals surface area contributed by atoms with Crippen molar-refractivity contribution in [3.8, 4) is 0 Å². The van der Waals surface area contributed by atoms with E-state index in [1.165, 1.54) is 0 Å². The van der Waals surface area contributed by atoms with Gasteiger partial charge in [-0.05, 0) is 46.2 Å². The third-order valence-electron chi connectivity index (χ3n) is 3.36. The van der Waals surface area contributed by atoms with Crippen LogP contribution in [0.25, 0.3) is 10.8 Å². The second-order valence-electron chi connectivity index (χ2n) is 4.75. The van der Waals surface area contributed by atoms with Gasteiger partial charge in [0.2, 0.25) is 0 Å². The third kappa shape index (κ3) is 3.07. The molecule has 0 heterocycles. The summed E-state index contributed by atoms with van der Waals surface area (Å²) in [5.74, 6) is 0. The highest BCUT2D eigenvalue weighted by atomic mass is 79.9. The molecule has 3 aromatic rings. The average Bonchev–Trinajstić information content (AvgIpc) is 2.46. The lowest BCUT2D eigenvalue weighted by molar-refractivity contribution is 1.16. The van der Waals surface area contributed by atoms with Crippen LogP contribution in [0.4, 0.5) is 0 Å². The lowest BCUT2D eigenvalue weighted by Gasteiger charge is -2.15. The highest BCUT2D eigenvalue weighted by Gasteiger charge is 2.16. The van der Waals surface area contributed by atoms with Gasteiger partial charge in [-0.3, -0.25) is 0 Å². The summed E-state index contributed by atoms with van der Waals surface area (Å²) in [4.78, 5) is 0. The lowest BCUT2D eigenvalue weighted by Crippen LogP contribution is -1.95. The average molecular weight is 401 g/mol. The molecule has 0 amide bonds. The summed E-state index contributed by atoms with van der Waals surface area (Å²) < 4.78 is 1.05. The molecule has 0 fully saturated rings. The Hall–Kier alpha value is -0.730. The van der Waals surface area contributed by atoms with Crippen LogP contribution in [0.5, 0.6) is 0 Å². The van der Waals surface area contributed by atoms with Crippen molar-refractivity contribution in [2.75, 3.05) is 0 Å². The van der Waals surface area contributed by atoms with Gasteiger partial charge in [-0.2, -0.15) is 0 Å². The van der Waals surface area contributed by atoms with E-state index in [0.717, 1.165) is 26.4 Å². The smallest absolute Gasteiger partial charge is 0.0842 e. The molecule has 4 heteroatoms. The van der Waals surface area contributed by atoms with E-state index in [-0.39, 0.29) is 5.38 Å². The zero-order valence-electron chi connectivity index (χ0n) is 10.8. The minimum atomic E-state index is -0.306. The number of benzene rings is 3. The Labute approximate surface area is 146 Å². The van der Waals surface area contributed by atoms with E-state index < -0.39 is 0 Å². The normalized spacial score (nSPS) is 12.6. The maximum atomic E-state index is 6.67. The second kappa shape index (κ2) is 6.18. The quantitative estimate of drug-likeness (QED) is 0.398. The first-order valence-electron chi connectivity index (χ1n) is 6.33. The SMILES string of the molecule is Clc1cc(Cl)cc(C(Cl)c2ccc(Br)c3ccccc23)c1. The Balaban J connectivity index is 2.18. The van der Waals surface area contributed by atoms with E-state index in [9.17, 15) is 0 Å². The Morgan fingerprint density at radius 2 is 1.43 bits per heavy atom. The monoisotopic (exact) mass is 398 g/mol. The molecule has 0 spiro atoms. The molecule has 106 valence electrons. The number of fused-ring (bicyclic) bond motifs is 1. The molecule has 0 nitrogen and oxygen atoms in total. The highest BCUT2D eigenvalue weighted by molar-refractivity contribution is 9.10. The number of alkyl halides is 1. The first-order chi connectivity index (χ1) is 10.1. The summed E-state index contributed by atoms with van der Waals surface area (Å²) >= 11 is 22.4. The van der Waals surface area contributed by atoms with E-state index in [0.29, 0.717) is 10.0 Å². The van der Waals surface area contributed by atoms with Crippen molar-refractivity contribution in [3.63, 3.8) is 0 Å². The molecule has 0 aromatic heterocycles. The standard InChI is InChI=1S/C17H10BrCl3/c18-16-6-5-15(13-3-1-2-4-14(13)16)17(21)10-7-11(19)9-12(20)8-10/h1-9,17H. The minimum absolute atomic E-state index is 0.306. The molecule has 0 aliphatic heterocycles. The highest BCUT2D eigenvalue weighted by Crippen LogP contribution is 2.38. The molecule has 0 saturated carbocycles. The summed E-state index contributed by atoms with van der Waals surface area (Å²) in [5, 5.41) is 3.12. The Kier molecular flexibility index (Phi) is 4.46. The molecule has 0 radical (unpaired) electrons. The predicted octanol–water partition coefficient (Wildman–Crippen LogP) is 7.24. The third-order valence-corrected chi connectivity index (χ3v) is 4.97. The topological polar surface area (TPSA) is 0 Å². The van der Waals surface area contributed by atoms with Crippen LogP contribution >= 0.6 is 50.7 Å². The van der Waals surface area contributed by atoms with Gasteiger partial charge in [0.25, 0.3) is 0 Å². The summed E-state index contributed by atoms with van der Waals surface area (Å²) in [6.07, 6.45) is 0. The maximum Gasteiger partial charge on any atom is 0.0842 e. The van der Waals surface area contributed by atoms with Crippen molar-refractivity contribution >= 4 is 61.5 Å². The Morgan fingerprint density at radius 3 is 2.10 bits per heavy atom. The Morgan fingerprint density at radius 1 is 0.810 bits per heavy atom. The van der Waals surface area contributed by atoms with Gasteiger partial charge in [-0.25, -0.2) is 0 Å². The van der Waals surface area contributed by atoms with Gasteiger partial charge in [0.1, 0.15) is 0 Å². The molecule has 0 N–H and O–H groups in total. The first-order valence-corrected chi connectivity index (χ1v) is 8.32. The molecule has 21 heavy (non-hydrogen) atoms. The summed E-state index contributed by atoms with van der Waals surface area (Å²) in [5.41, 5.74) is 1.93. The molecule has 0 bridgehead atoms. The van der Waals surface area contributed by atoms with Gasteiger partial charge in [0.15, 0.2) is 0 Å². The predicted molar refractivity (Wildman–Crippen MR) is 95.8 cm³/mol. The van der Waals surface area contributed by atoms with E-state index in [1.807, 2.05) is 36.4 Å². The van der Waals surface area contributed by atoms with E-state index >= 15 is 0 Å². The van der Waals surface area contributed by atoms with Crippen molar-refractivity contribution in [2.24, 2.45) is 0 Å². The van der Waals surface area contributed by atoms with Crippen LogP contribution in [0, 0.1) is 0 Å². The molecule has 1 unspecified atom stereocenters. The molecule has 3 rings (SSSR count). The number of rotatable bonds is 2. The van der Waals surface area contributed by atoms with Crippen molar-refractivity contribution in [2.45, 2.75) is 5.38 Å². The van der Waals surface area contributed by atoms with Crippen LogP contribution in [0.1, 0.15) is 16.5 Å². The molecule has 0 aliphatic carbocycles. The van der Waals surface area contributed by atoms with E-state index in [4.69, 9.17) is 34.8 Å². The van der Waals surface area contributed by atoms with Crippen molar-refractivity contribution in [3.05, 3.63) is 80.2 Å². The molecular weight excluding hydrogens is 390 g/mol. The Bertz CT molecular complexity index is 794. The van der Waals surface area contributed by atoms with E-state index in [2.05, 4.69) is 28.1 Å². The minimum Gasteiger partial charge on any atom is -0.113 e. The van der Waals surface area contributed by atoms with Gasteiger partial charge in [-0.1, -0.05) is 69.5 Å². The van der Waals surface area contributed by atoms with Gasteiger partial charge in [0, 0.05) is 14.5 Å². The number of hydrogen-bond acceptors (Lipinski definition) is 0. The fourth-order valence-corrected chi connectivity index (χ4v) is 3.74. The molecule has 0 saturated heterocycles. The van der Waals surface area contributed by atoms with Crippen LogP contribution in [0.3, 0.4) is 0 Å². The molecule has 0 aliphatic rings. The first kappa shape index (κ1) is 15.2. The van der Waals surface area contributed by atoms with Gasteiger partial charge in [0.05, 0.1) is 5.38 Å². The van der Waals surface area contributed by atoms with E-state index in [1.54, 1.807) is 6.07 Å². The largest absolute Gasteiger partial charge is 0.113 e. The van der Waals surface area contributed by atoms with Gasteiger partial charge in [-0.15, -0.1) is 11.6 Å². The van der Waals surface area contributed by atoms with Crippen LogP contribution in [-0.2, 0) is 0 Å². The lowest BCUT2D eigenvalue weighted by atomic mass is 9.98. The molecular formula is C17H10BrCl3. The second-order valence-corrected chi connectivity index (χ2v) is 6.91. The zero-order valence-corrected chi connectivity index (χ0v) is 14.6. The summed E-state index contributed by atoms with van der Waals surface area (Å²) in [6.45, 7) is 0. The number of hydrogen-bond donors (Lipinski definition) is 0. The van der Waals surface area contributed by atoms with Crippen LogP contribution < -0.4 is 0 Å². The maximum absolute atomic E-state index is 6.67. The zero-order chi connectivity index (χ0) is 15.0.